The van der Waals surface area contributed by atoms with E-state index in [0.29, 0.717) is 12.3 Å². The van der Waals surface area contributed by atoms with Crippen LogP contribution in [0.5, 0.6) is 0 Å². The predicted molar refractivity (Wildman–Crippen MR) is 62.7 cm³/mol. The number of rotatable bonds is 5. The monoisotopic (exact) mass is 231 g/mol. The van der Waals surface area contributed by atoms with Crippen molar-refractivity contribution in [2.75, 3.05) is 12.3 Å². The molecular weight excluding hydrogens is 218 g/mol. The first-order valence-corrected chi connectivity index (χ1v) is 5.96. The summed E-state index contributed by atoms with van der Waals surface area (Å²) in [6.07, 6.45) is -0.414. The van der Waals surface area contributed by atoms with Crippen LogP contribution in [0.1, 0.15) is 5.56 Å². The molecule has 3 N–H and O–H groups in total. The van der Waals surface area contributed by atoms with Gasteiger partial charge < -0.3 is 10.8 Å². The minimum Gasteiger partial charge on any atom is -0.391 e. The van der Waals surface area contributed by atoms with Crippen LogP contribution in [0, 0.1) is 0 Å². The Hall–Kier alpha value is -0.220. The van der Waals surface area contributed by atoms with Gasteiger partial charge in [-0.25, -0.2) is 0 Å². The van der Waals surface area contributed by atoms with Gasteiger partial charge in [-0.05, 0) is 11.6 Å². The maximum absolute atomic E-state index is 9.23. The van der Waals surface area contributed by atoms with Crippen LogP contribution in [-0.2, 0) is 5.75 Å². The van der Waals surface area contributed by atoms with E-state index in [2.05, 4.69) is 0 Å². The molecule has 0 fully saturated rings. The first kappa shape index (κ1) is 11.9. The number of hydrogen-bond acceptors (Lipinski definition) is 3. The van der Waals surface area contributed by atoms with Crippen LogP contribution in [-0.4, -0.2) is 23.5 Å². The lowest BCUT2D eigenvalue weighted by Crippen LogP contribution is -2.21. The standard InChI is InChI=1S/C10H14ClNOS/c11-10-4-2-1-3-8(10)6-14-7-9(13)5-12/h1-4,9,13H,5-7,12H2. The number of hydrogen-bond donors (Lipinski definition) is 2. The van der Waals surface area contributed by atoms with Crippen molar-refractivity contribution >= 4 is 23.4 Å². The van der Waals surface area contributed by atoms with Crippen LogP contribution in [0.3, 0.4) is 0 Å². The van der Waals surface area contributed by atoms with Crippen LogP contribution < -0.4 is 5.73 Å². The summed E-state index contributed by atoms with van der Waals surface area (Å²) in [5.74, 6) is 1.47. The third-order valence-electron chi connectivity index (χ3n) is 1.80. The molecule has 0 saturated heterocycles. The van der Waals surface area contributed by atoms with Crippen molar-refractivity contribution in [3.63, 3.8) is 0 Å². The second-order valence-corrected chi connectivity index (χ2v) is 4.43. The molecular formula is C10H14ClNOS. The molecule has 0 aliphatic rings. The quantitative estimate of drug-likeness (QED) is 0.814. The van der Waals surface area contributed by atoms with Gasteiger partial charge in [0.15, 0.2) is 0 Å². The Kier molecular flexibility index (Phi) is 5.33. The van der Waals surface area contributed by atoms with Crippen molar-refractivity contribution in [1.82, 2.24) is 0 Å². The molecule has 1 aromatic rings. The summed E-state index contributed by atoms with van der Waals surface area (Å²) in [5.41, 5.74) is 6.39. The fraction of sp³-hybridized carbons (Fsp3) is 0.400. The Bertz CT molecular complexity index is 283. The molecule has 0 radical (unpaired) electrons. The number of thioether (sulfide) groups is 1. The smallest absolute Gasteiger partial charge is 0.0752 e. The Balaban J connectivity index is 2.35. The van der Waals surface area contributed by atoms with Crippen LogP contribution in [0.2, 0.25) is 5.02 Å². The van der Waals surface area contributed by atoms with Gasteiger partial charge in [0, 0.05) is 23.1 Å². The third kappa shape index (κ3) is 3.88. The summed E-state index contributed by atoms with van der Waals surface area (Å²) in [5, 5.41) is 10.0. The first-order valence-electron chi connectivity index (χ1n) is 4.43. The van der Waals surface area contributed by atoms with Gasteiger partial charge in [0.05, 0.1) is 6.10 Å². The molecule has 78 valence electrons. The van der Waals surface area contributed by atoms with Crippen molar-refractivity contribution in [3.05, 3.63) is 34.9 Å². The minimum absolute atomic E-state index is 0.315. The molecule has 0 saturated carbocycles. The molecule has 2 nitrogen and oxygen atoms in total. The van der Waals surface area contributed by atoms with Crippen molar-refractivity contribution in [1.29, 1.82) is 0 Å². The zero-order valence-corrected chi connectivity index (χ0v) is 9.39. The van der Waals surface area contributed by atoms with E-state index in [4.69, 9.17) is 17.3 Å². The van der Waals surface area contributed by atoms with Crippen molar-refractivity contribution < 1.29 is 5.11 Å². The summed E-state index contributed by atoms with van der Waals surface area (Å²) in [4.78, 5) is 0. The van der Waals surface area contributed by atoms with Crippen molar-refractivity contribution in [2.45, 2.75) is 11.9 Å². The van der Waals surface area contributed by atoms with Gasteiger partial charge in [-0.3, -0.25) is 0 Å². The van der Waals surface area contributed by atoms with E-state index >= 15 is 0 Å². The van der Waals surface area contributed by atoms with E-state index in [9.17, 15) is 5.11 Å². The van der Waals surface area contributed by atoms with E-state index < -0.39 is 6.10 Å². The Morgan fingerprint density at radius 3 is 2.79 bits per heavy atom. The summed E-state index contributed by atoms with van der Waals surface area (Å²) in [6, 6.07) is 7.73. The maximum atomic E-state index is 9.23. The van der Waals surface area contributed by atoms with Gasteiger partial charge in [-0.2, -0.15) is 11.8 Å². The fourth-order valence-corrected chi connectivity index (χ4v) is 2.27. The molecule has 0 aliphatic heterocycles. The minimum atomic E-state index is -0.414. The molecule has 0 aromatic heterocycles. The van der Waals surface area contributed by atoms with Crippen LogP contribution in [0.4, 0.5) is 0 Å². The average molecular weight is 232 g/mol. The van der Waals surface area contributed by atoms with E-state index in [1.165, 1.54) is 0 Å². The maximum Gasteiger partial charge on any atom is 0.0752 e. The average Bonchev–Trinajstić information content (AvgIpc) is 2.20. The lowest BCUT2D eigenvalue weighted by Gasteiger charge is -2.07. The highest BCUT2D eigenvalue weighted by Crippen LogP contribution is 2.20. The topological polar surface area (TPSA) is 46.2 Å². The van der Waals surface area contributed by atoms with E-state index in [1.54, 1.807) is 11.8 Å². The Morgan fingerprint density at radius 1 is 1.43 bits per heavy atom. The highest BCUT2D eigenvalue weighted by Gasteiger charge is 2.03. The van der Waals surface area contributed by atoms with Crippen molar-refractivity contribution in [2.24, 2.45) is 5.73 Å². The second kappa shape index (κ2) is 6.30. The Labute approximate surface area is 93.5 Å². The molecule has 0 amide bonds. The van der Waals surface area contributed by atoms with E-state index in [-0.39, 0.29) is 0 Å². The molecule has 4 heteroatoms. The number of nitrogens with two attached hydrogens (primary N) is 1. The van der Waals surface area contributed by atoms with Gasteiger partial charge in [0.25, 0.3) is 0 Å². The van der Waals surface area contributed by atoms with Crippen LogP contribution in [0.25, 0.3) is 0 Å². The van der Waals surface area contributed by atoms with Crippen LogP contribution in [0.15, 0.2) is 24.3 Å². The van der Waals surface area contributed by atoms with E-state index in [0.717, 1.165) is 16.3 Å². The second-order valence-electron chi connectivity index (χ2n) is 3.00. The van der Waals surface area contributed by atoms with Crippen LogP contribution >= 0.6 is 23.4 Å². The number of aliphatic hydroxyl groups is 1. The van der Waals surface area contributed by atoms with Gasteiger partial charge in [-0.1, -0.05) is 29.8 Å². The van der Waals surface area contributed by atoms with E-state index in [1.807, 2.05) is 24.3 Å². The normalized spacial score (nSPS) is 12.8. The molecule has 14 heavy (non-hydrogen) atoms. The first-order chi connectivity index (χ1) is 6.74. The third-order valence-corrected chi connectivity index (χ3v) is 3.30. The lowest BCUT2D eigenvalue weighted by atomic mass is 10.2. The molecule has 0 spiro atoms. The number of benzene rings is 1. The molecule has 1 rings (SSSR count). The molecule has 1 atom stereocenters. The lowest BCUT2D eigenvalue weighted by molar-refractivity contribution is 0.208. The molecule has 0 aliphatic carbocycles. The van der Waals surface area contributed by atoms with Gasteiger partial charge in [-0.15, -0.1) is 0 Å². The van der Waals surface area contributed by atoms with Gasteiger partial charge in [0.2, 0.25) is 0 Å². The zero-order valence-electron chi connectivity index (χ0n) is 7.82. The zero-order chi connectivity index (χ0) is 10.4. The molecule has 0 heterocycles. The number of aliphatic hydroxyl groups excluding tert-OH is 1. The summed E-state index contributed by atoms with van der Waals surface area (Å²) in [7, 11) is 0. The highest BCUT2D eigenvalue weighted by atomic mass is 35.5. The summed E-state index contributed by atoms with van der Waals surface area (Å²) >= 11 is 7.61. The molecule has 1 unspecified atom stereocenters. The SMILES string of the molecule is NCC(O)CSCc1ccccc1Cl. The van der Waals surface area contributed by atoms with Gasteiger partial charge >= 0.3 is 0 Å². The predicted octanol–water partition coefficient (Wildman–Crippen LogP) is 1.89. The number of halogens is 1. The fourth-order valence-electron chi connectivity index (χ4n) is 0.988. The Morgan fingerprint density at radius 2 is 2.14 bits per heavy atom. The summed E-state index contributed by atoms with van der Waals surface area (Å²) < 4.78 is 0. The largest absolute Gasteiger partial charge is 0.391 e. The molecule has 1 aromatic carbocycles. The summed E-state index contributed by atoms with van der Waals surface area (Å²) in [6.45, 7) is 0.315. The molecule has 0 bridgehead atoms. The van der Waals surface area contributed by atoms with Gasteiger partial charge in [0.1, 0.15) is 0 Å². The van der Waals surface area contributed by atoms with Crippen molar-refractivity contribution in [3.8, 4) is 0 Å². The highest BCUT2D eigenvalue weighted by molar-refractivity contribution is 7.98.